The topological polar surface area (TPSA) is 67.8 Å². The van der Waals surface area contributed by atoms with Crippen LogP contribution in [0.4, 0.5) is 0 Å². The maximum absolute atomic E-state index is 8.66. The van der Waals surface area contributed by atoms with E-state index >= 15 is 0 Å². The van der Waals surface area contributed by atoms with Crippen molar-refractivity contribution in [1.82, 2.24) is 0 Å². The molecule has 0 bridgehead atoms. The predicted molar refractivity (Wildman–Crippen MR) is 82.4 cm³/mol. The average Bonchev–Trinajstić information content (AvgIpc) is 2.44. The van der Waals surface area contributed by atoms with Crippen LogP contribution in [0.25, 0.3) is 0 Å². The second-order valence-corrected chi connectivity index (χ2v) is 5.34. The number of ether oxygens (including phenoxy) is 1. The summed E-state index contributed by atoms with van der Waals surface area (Å²) in [6, 6.07) is 12.7. The number of nitrogens with two attached hydrogens (primary N) is 1. The third-order valence-electron chi connectivity index (χ3n) is 2.62. The van der Waals surface area contributed by atoms with E-state index in [1.165, 1.54) is 0 Å². The van der Waals surface area contributed by atoms with Crippen LogP contribution in [0.5, 0.6) is 5.75 Å². The molecule has 0 atom stereocenters. The highest BCUT2D eigenvalue weighted by atomic mass is 79.9. The van der Waals surface area contributed by atoms with E-state index in [-0.39, 0.29) is 5.84 Å². The zero-order valence-electron chi connectivity index (χ0n) is 10.4. The maximum Gasteiger partial charge on any atom is 0.171 e. The molecule has 2 aromatic rings. The van der Waals surface area contributed by atoms with Gasteiger partial charge < -0.3 is 15.7 Å². The zero-order chi connectivity index (χ0) is 14.5. The van der Waals surface area contributed by atoms with E-state index in [2.05, 4.69) is 21.1 Å². The smallest absolute Gasteiger partial charge is 0.171 e. The maximum atomic E-state index is 8.66. The molecule has 104 valence electrons. The highest BCUT2D eigenvalue weighted by molar-refractivity contribution is 9.10. The molecule has 0 aromatic heterocycles. The molecule has 0 aliphatic carbocycles. The van der Waals surface area contributed by atoms with Gasteiger partial charge in [-0.1, -0.05) is 28.9 Å². The fourth-order valence-corrected chi connectivity index (χ4v) is 2.41. The molecule has 4 nitrogen and oxygen atoms in total. The van der Waals surface area contributed by atoms with Gasteiger partial charge >= 0.3 is 0 Å². The largest absolute Gasteiger partial charge is 0.489 e. The van der Waals surface area contributed by atoms with Crippen molar-refractivity contribution in [2.75, 3.05) is 0 Å². The van der Waals surface area contributed by atoms with Gasteiger partial charge in [-0.25, -0.2) is 0 Å². The monoisotopic (exact) mass is 354 g/mol. The Kier molecular flexibility index (Phi) is 4.87. The first-order valence-corrected chi connectivity index (χ1v) is 6.92. The van der Waals surface area contributed by atoms with Crippen LogP contribution < -0.4 is 10.5 Å². The zero-order valence-corrected chi connectivity index (χ0v) is 12.7. The van der Waals surface area contributed by atoms with Gasteiger partial charge in [0.15, 0.2) is 5.84 Å². The van der Waals surface area contributed by atoms with Crippen LogP contribution in [0.1, 0.15) is 11.1 Å². The van der Waals surface area contributed by atoms with Crippen LogP contribution in [0.15, 0.2) is 52.1 Å². The van der Waals surface area contributed by atoms with Crippen molar-refractivity contribution < 1.29 is 9.94 Å². The molecule has 0 amide bonds. The Balaban J connectivity index is 2.09. The standard InChI is InChI=1S/C14H12BrClN2O2/c15-13-7-11(4-5-12(13)14(17)18-19)20-8-9-2-1-3-10(16)6-9/h1-7,19H,8H2,(H2,17,18). The van der Waals surface area contributed by atoms with Crippen molar-refractivity contribution in [3.63, 3.8) is 0 Å². The van der Waals surface area contributed by atoms with E-state index in [1.54, 1.807) is 18.2 Å². The van der Waals surface area contributed by atoms with Gasteiger partial charge in [0.25, 0.3) is 0 Å². The van der Waals surface area contributed by atoms with Crippen molar-refractivity contribution in [2.45, 2.75) is 6.61 Å². The van der Waals surface area contributed by atoms with Crippen LogP contribution in [0.3, 0.4) is 0 Å². The molecule has 2 rings (SSSR count). The second kappa shape index (κ2) is 6.63. The van der Waals surface area contributed by atoms with Crippen molar-refractivity contribution in [2.24, 2.45) is 10.9 Å². The lowest BCUT2D eigenvalue weighted by Crippen LogP contribution is -2.13. The first-order chi connectivity index (χ1) is 9.60. The average molecular weight is 356 g/mol. The summed E-state index contributed by atoms with van der Waals surface area (Å²) >= 11 is 9.26. The number of amidine groups is 1. The summed E-state index contributed by atoms with van der Waals surface area (Å²) in [6.45, 7) is 0.413. The normalized spacial score (nSPS) is 11.4. The second-order valence-electron chi connectivity index (χ2n) is 4.05. The van der Waals surface area contributed by atoms with E-state index in [1.807, 2.05) is 24.3 Å². The van der Waals surface area contributed by atoms with Gasteiger partial charge in [-0.2, -0.15) is 0 Å². The van der Waals surface area contributed by atoms with Gasteiger partial charge in [-0.15, -0.1) is 0 Å². The molecule has 0 unspecified atom stereocenters. The lowest BCUT2D eigenvalue weighted by molar-refractivity contribution is 0.306. The van der Waals surface area contributed by atoms with E-state index in [9.17, 15) is 0 Å². The number of hydrogen-bond donors (Lipinski definition) is 2. The van der Waals surface area contributed by atoms with E-state index in [4.69, 9.17) is 27.3 Å². The quantitative estimate of drug-likeness (QED) is 0.379. The number of halogens is 2. The van der Waals surface area contributed by atoms with E-state index < -0.39 is 0 Å². The molecule has 6 heteroatoms. The van der Waals surface area contributed by atoms with Crippen LogP contribution in [-0.4, -0.2) is 11.0 Å². The van der Waals surface area contributed by atoms with Crippen molar-refractivity contribution in [1.29, 1.82) is 0 Å². The Morgan fingerprint density at radius 2 is 2.10 bits per heavy atom. The molecule has 20 heavy (non-hydrogen) atoms. The number of oxime groups is 1. The van der Waals surface area contributed by atoms with Gasteiger partial charge in [-0.3, -0.25) is 0 Å². The summed E-state index contributed by atoms with van der Waals surface area (Å²) in [5, 5.41) is 12.3. The molecule has 0 saturated carbocycles. The van der Waals surface area contributed by atoms with Crippen molar-refractivity contribution >= 4 is 33.4 Å². The Morgan fingerprint density at radius 1 is 1.30 bits per heavy atom. The first-order valence-electron chi connectivity index (χ1n) is 5.75. The Bertz CT molecular complexity index is 647. The number of rotatable bonds is 4. The lowest BCUT2D eigenvalue weighted by atomic mass is 10.2. The minimum Gasteiger partial charge on any atom is -0.489 e. The van der Waals surface area contributed by atoms with E-state index in [0.29, 0.717) is 27.4 Å². The lowest BCUT2D eigenvalue weighted by Gasteiger charge is -2.09. The van der Waals surface area contributed by atoms with E-state index in [0.717, 1.165) is 5.56 Å². The number of hydrogen-bond acceptors (Lipinski definition) is 3. The fraction of sp³-hybridized carbons (Fsp3) is 0.0714. The van der Waals surface area contributed by atoms with Gasteiger partial charge in [0.2, 0.25) is 0 Å². The number of benzene rings is 2. The SMILES string of the molecule is N/C(=N/O)c1ccc(OCc2cccc(Cl)c2)cc1Br. The minimum absolute atomic E-state index is 0.0401. The summed E-state index contributed by atoms with van der Waals surface area (Å²) in [4.78, 5) is 0. The van der Waals surface area contributed by atoms with Crippen LogP contribution in [0.2, 0.25) is 5.02 Å². The number of nitrogens with zero attached hydrogens (tertiary/aromatic N) is 1. The van der Waals surface area contributed by atoms with Gasteiger partial charge in [-0.05, 0) is 51.8 Å². The summed E-state index contributed by atoms with van der Waals surface area (Å²) in [6.07, 6.45) is 0. The third-order valence-corrected chi connectivity index (χ3v) is 3.51. The summed E-state index contributed by atoms with van der Waals surface area (Å²) in [5.74, 6) is 0.713. The molecule has 2 aromatic carbocycles. The van der Waals surface area contributed by atoms with Gasteiger partial charge in [0.05, 0.1) is 0 Å². The van der Waals surface area contributed by atoms with Gasteiger partial charge in [0, 0.05) is 15.1 Å². The summed E-state index contributed by atoms with van der Waals surface area (Å²) in [5.41, 5.74) is 7.12. The molecule has 0 radical (unpaired) electrons. The van der Waals surface area contributed by atoms with Gasteiger partial charge in [0.1, 0.15) is 12.4 Å². The highest BCUT2D eigenvalue weighted by Gasteiger charge is 2.06. The van der Waals surface area contributed by atoms with Crippen LogP contribution in [-0.2, 0) is 6.61 Å². The minimum atomic E-state index is 0.0401. The Hall–Kier alpha value is -1.72. The predicted octanol–water partition coefficient (Wildman–Crippen LogP) is 3.78. The summed E-state index contributed by atoms with van der Waals surface area (Å²) < 4.78 is 6.36. The molecular weight excluding hydrogens is 344 g/mol. The molecule has 0 aliphatic rings. The molecule has 3 N–H and O–H groups in total. The fourth-order valence-electron chi connectivity index (χ4n) is 1.64. The van der Waals surface area contributed by atoms with Crippen LogP contribution in [0, 0.1) is 0 Å². The molecular formula is C14H12BrClN2O2. The highest BCUT2D eigenvalue weighted by Crippen LogP contribution is 2.24. The Labute approximate surface area is 129 Å². The molecule has 0 aliphatic heterocycles. The first kappa shape index (κ1) is 14.7. The van der Waals surface area contributed by atoms with Crippen molar-refractivity contribution in [3.05, 3.63) is 63.1 Å². The third kappa shape index (κ3) is 3.65. The summed E-state index contributed by atoms with van der Waals surface area (Å²) in [7, 11) is 0. The molecule has 0 spiro atoms. The molecule has 0 heterocycles. The van der Waals surface area contributed by atoms with Crippen LogP contribution >= 0.6 is 27.5 Å². The van der Waals surface area contributed by atoms with Crippen molar-refractivity contribution in [3.8, 4) is 5.75 Å². The molecule has 0 fully saturated rings. The Morgan fingerprint density at radius 3 is 2.75 bits per heavy atom. The molecule has 0 saturated heterocycles.